The Morgan fingerprint density at radius 3 is 2.53 bits per heavy atom. The Hall–Kier alpha value is -3.43. The largest absolute Gasteiger partial charge is 0.449 e. The number of hydrogen-bond donors (Lipinski definition) is 3. The minimum absolute atomic E-state index is 0.0114. The standard InChI is InChI=1S/C26H29ClN4O5/c1-15(33)31(2)19-7-4-17(5-8-19)25(34)30-23-20-13-16(11-12-32)3-9-21(20)36-24(23)26(35)29-22-10-6-18(27)14-28-22/h3,6,9-10,13-14,17,19,32H,4-5,7-8,11-12H2,1-2H3,(H,30,34)(H,28,29,35). The average Bonchev–Trinajstić information content (AvgIpc) is 3.23. The molecule has 0 bridgehead atoms. The molecule has 0 unspecified atom stereocenters. The zero-order valence-electron chi connectivity index (χ0n) is 20.2. The first kappa shape index (κ1) is 25.7. The van der Waals surface area contributed by atoms with E-state index in [9.17, 15) is 19.5 Å². The van der Waals surface area contributed by atoms with E-state index in [0.717, 1.165) is 18.4 Å². The number of hydrogen-bond acceptors (Lipinski definition) is 6. The lowest BCUT2D eigenvalue weighted by molar-refractivity contribution is -0.130. The summed E-state index contributed by atoms with van der Waals surface area (Å²) in [4.78, 5) is 43.9. The normalized spacial score (nSPS) is 17.6. The molecule has 1 aliphatic carbocycles. The monoisotopic (exact) mass is 512 g/mol. The van der Waals surface area contributed by atoms with Crippen LogP contribution in [0.3, 0.4) is 0 Å². The predicted octanol–water partition coefficient (Wildman–Crippen LogP) is 4.24. The summed E-state index contributed by atoms with van der Waals surface area (Å²) in [6, 6.07) is 8.62. The number of fused-ring (bicyclic) bond motifs is 1. The Morgan fingerprint density at radius 1 is 1.14 bits per heavy atom. The van der Waals surface area contributed by atoms with Gasteiger partial charge in [0.15, 0.2) is 0 Å². The quantitative estimate of drug-likeness (QED) is 0.435. The zero-order chi connectivity index (χ0) is 25.8. The van der Waals surface area contributed by atoms with Crippen molar-refractivity contribution >= 4 is 51.8 Å². The lowest BCUT2D eigenvalue weighted by atomic mass is 9.84. The van der Waals surface area contributed by atoms with Crippen molar-refractivity contribution in [2.45, 2.75) is 45.1 Å². The molecule has 3 N–H and O–H groups in total. The van der Waals surface area contributed by atoms with Gasteiger partial charge in [-0.15, -0.1) is 0 Å². The second kappa shape index (κ2) is 11.1. The number of amides is 3. The molecule has 1 aromatic carbocycles. The van der Waals surface area contributed by atoms with Crippen LogP contribution in [0.1, 0.15) is 48.7 Å². The van der Waals surface area contributed by atoms with Crippen LogP contribution in [0.25, 0.3) is 11.0 Å². The minimum atomic E-state index is -0.563. The molecule has 0 spiro atoms. The molecule has 190 valence electrons. The van der Waals surface area contributed by atoms with Crippen LogP contribution < -0.4 is 10.6 Å². The van der Waals surface area contributed by atoms with Gasteiger partial charge in [0.05, 0.1) is 5.02 Å². The number of nitrogens with one attached hydrogen (secondary N) is 2. The first-order valence-corrected chi connectivity index (χ1v) is 12.3. The second-order valence-corrected chi connectivity index (χ2v) is 9.49. The third kappa shape index (κ3) is 5.68. The summed E-state index contributed by atoms with van der Waals surface area (Å²) in [6.07, 6.45) is 4.58. The van der Waals surface area contributed by atoms with E-state index in [1.165, 1.54) is 6.20 Å². The smallest absolute Gasteiger partial charge is 0.294 e. The highest BCUT2D eigenvalue weighted by Gasteiger charge is 2.31. The van der Waals surface area contributed by atoms with E-state index in [0.29, 0.717) is 35.3 Å². The number of nitrogens with zero attached hydrogens (tertiary/aromatic N) is 2. The summed E-state index contributed by atoms with van der Waals surface area (Å²) in [5.74, 6) is -0.754. The highest BCUT2D eigenvalue weighted by Crippen LogP contribution is 2.35. The van der Waals surface area contributed by atoms with E-state index < -0.39 is 5.91 Å². The Morgan fingerprint density at radius 2 is 1.89 bits per heavy atom. The summed E-state index contributed by atoms with van der Waals surface area (Å²) in [7, 11) is 1.79. The molecule has 2 aromatic heterocycles. The number of benzene rings is 1. The fraction of sp³-hybridized carbons (Fsp3) is 0.385. The molecule has 10 heteroatoms. The van der Waals surface area contributed by atoms with Crippen LogP contribution in [0.5, 0.6) is 0 Å². The molecular weight excluding hydrogens is 484 g/mol. The number of pyridine rings is 1. The number of carbonyl (C=O) groups excluding carboxylic acids is 3. The second-order valence-electron chi connectivity index (χ2n) is 9.05. The van der Waals surface area contributed by atoms with Gasteiger partial charge in [-0.3, -0.25) is 14.4 Å². The van der Waals surface area contributed by atoms with E-state index in [1.54, 1.807) is 43.1 Å². The van der Waals surface area contributed by atoms with E-state index in [2.05, 4.69) is 15.6 Å². The molecule has 0 saturated heterocycles. The number of anilines is 2. The van der Waals surface area contributed by atoms with E-state index in [-0.39, 0.29) is 47.6 Å². The highest BCUT2D eigenvalue weighted by atomic mass is 35.5. The van der Waals surface area contributed by atoms with Gasteiger partial charge in [-0.25, -0.2) is 4.98 Å². The van der Waals surface area contributed by atoms with Crippen LogP contribution in [-0.2, 0) is 16.0 Å². The SMILES string of the molecule is CC(=O)N(C)C1CCC(C(=O)Nc2c(C(=O)Nc3ccc(Cl)cn3)oc3ccc(CCO)cc23)CC1. The van der Waals surface area contributed by atoms with Gasteiger partial charge in [0.2, 0.25) is 17.6 Å². The summed E-state index contributed by atoms with van der Waals surface area (Å²) in [5.41, 5.74) is 1.57. The van der Waals surface area contributed by atoms with Gasteiger partial charge < -0.3 is 25.1 Å². The van der Waals surface area contributed by atoms with Gasteiger partial charge in [-0.1, -0.05) is 17.7 Å². The summed E-state index contributed by atoms with van der Waals surface area (Å²) < 4.78 is 5.87. The number of aromatic nitrogens is 1. The Balaban J connectivity index is 1.59. The Labute approximate surface area is 213 Å². The molecule has 0 radical (unpaired) electrons. The molecule has 3 aromatic rings. The van der Waals surface area contributed by atoms with Gasteiger partial charge in [0.1, 0.15) is 17.1 Å². The average molecular weight is 513 g/mol. The van der Waals surface area contributed by atoms with Gasteiger partial charge in [-0.05, 0) is 61.9 Å². The third-order valence-electron chi connectivity index (χ3n) is 6.69. The lowest BCUT2D eigenvalue weighted by Gasteiger charge is -2.33. The maximum absolute atomic E-state index is 13.3. The number of halogens is 1. The highest BCUT2D eigenvalue weighted by molar-refractivity contribution is 6.30. The molecule has 36 heavy (non-hydrogen) atoms. The van der Waals surface area contributed by atoms with Gasteiger partial charge in [-0.2, -0.15) is 0 Å². The topological polar surface area (TPSA) is 125 Å². The van der Waals surface area contributed by atoms with E-state index in [1.807, 2.05) is 6.07 Å². The van der Waals surface area contributed by atoms with Crippen molar-refractivity contribution in [2.75, 3.05) is 24.3 Å². The Kier molecular flexibility index (Phi) is 7.91. The molecule has 0 aliphatic heterocycles. The summed E-state index contributed by atoms with van der Waals surface area (Å²) >= 11 is 5.88. The molecular formula is C26H29ClN4O5. The van der Waals surface area contributed by atoms with Crippen molar-refractivity contribution in [3.63, 3.8) is 0 Å². The molecule has 9 nitrogen and oxygen atoms in total. The molecule has 2 heterocycles. The summed E-state index contributed by atoms with van der Waals surface area (Å²) in [6.45, 7) is 1.51. The minimum Gasteiger partial charge on any atom is -0.449 e. The molecule has 0 atom stereocenters. The fourth-order valence-electron chi connectivity index (χ4n) is 4.54. The number of aliphatic hydroxyl groups is 1. The number of rotatable bonds is 7. The van der Waals surface area contributed by atoms with Crippen molar-refractivity contribution in [3.05, 3.63) is 52.9 Å². The fourth-order valence-corrected chi connectivity index (χ4v) is 4.66. The van der Waals surface area contributed by atoms with Gasteiger partial charge in [0.25, 0.3) is 5.91 Å². The van der Waals surface area contributed by atoms with Crippen molar-refractivity contribution in [2.24, 2.45) is 5.92 Å². The number of furan rings is 1. The lowest BCUT2D eigenvalue weighted by Crippen LogP contribution is -2.40. The predicted molar refractivity (Wildman–Crippen MR) is 137 cm³/mol. The van der Waals surface area contributed by atoms with E-state index >= 15 is 0 Å². The van der Waals surface area contributed by atoms with Crippen molar-refractivity contribution < 1.29 is 23.9 Å². The van der Waals surface area contributed by atoms with Gasteiger partial charge in [0, 0.05) is 44.1 Å². The Bertz CT molecular complexity index is 1270. The third-order valence-corrected chi connectivity index (χ3v) is 6.91. The number of carbonyl (C=O) groups is 3. The summed E-state index contributed by atoms with van der Waals surface area (Å²) in [5, 5.41) is 16.0. The first-order chi connectivity index (χ1) is 17.3. The maximum Gasteiger partial charge on any atom is 0.294 e. The van der Waals surface area contributed by atoms with E-state index in [4.69, 9.17) is 16.0 Å². The van der Waals surface area contributed by atoms with Crippen molar-refractivity contribution in [1.29, 1.82) is 0 Å². The van der Waals surface area contributed by atoms with Crippen LogP contribution in [0, 0.1) is 5.92 Å². The van der Waals surface area contributed by atoms with Crippen molar-refractivity contribution in [3.8, 4) is 0 Å². The molecule has 4 rings (SSSR count). The van der Waals surface area contributed by atoms with Gasteiger partial charge >= 0.3 is 0 Å². The number of aliphatic hydroxyl groups excluding tert-OH is 1. The van der Waals surface area contributed by atoms with Crippen LogP contribution in [-0.4, -0.2) is 52.4 Å². The molecule has 1 aliphatic rings. The first-order valence-electron chi connectivity index (χ1n) is 11.9. The van der Waals surface area contributed by atoms with Crippen LogP contribution in [0.4, 0.5) is 11.5 Å². The van der Waals surface area contributed by atoms with Crippen LogP contribution >= 0.6 is 11.6 Å². The van der Waals surface area contributed by atoms with Crippen molar-refractivity contribution in [1.82, 2.24) is 9.88 Å². The van der Waals surface area contributed by atoms with Crippen LogP contribution in [0.2, 0.25) is 5.02 Å². The maximum atomic E-state index is 13.3. The molecule has 1 fully saturated rings. The molecule has 3 amide bonds. The zero-order valence-corrected chi connectivity index (χ0v) is 21.0. The van der Waals surface area contributed by atoms with Crippen LogP contribution in [0.15, 0.2) is 40.9 Å². The molecule has 1 saturated carbocycles.